The summed E-state index contributed by atoms with van der Waals surface area (Å²) in [6.07, 6.45) is 0. The van der Waals surface area contributed by atoms with Gasteiger partial charge in [0.15, 0.2) is 0 Å². The first kappa shape index (κ1) is 33.1. The summed E-state index contributed by atoms with van der Waals surface area (Å²) in [6.45, 7) is 15.7. The number of hydrogen-bond acceptors (Lipinski definition) is 6. The van der Waals surface area contributed by atoms with Gasteiger partial charge < -0.3 is 9.11 Å². The zero-order valence-corrected chi connectivity index (χ0v) is 28.3. The summed E-state index contributed by atoms with van der Waals surface area (Å²) in [6, 6.07) is 14.7. The zero-order valence-electron chi connectivity index (χ0n) is 23.7. The molecule has 0 atom stereocenters. The van der Waals surface area contributed by atoms with Crippen LogP contribution in [-0.2, 0) is 39.7 Å². The van der Waals surface area contributed by atoms with Crippen LogP contribution in [0.2, 0.25) is 0 Å². The minimum atomic E-state index is -4.44. The Balaban J connectivity index is 0.000000267. The van der Waals surface area contributed by atoms with E-state index in [2.05, 4.69) is 27.7 Å². The van der Waals surface area contributed by atoms with Gasteiger partial charge in [0.05, 0.1) is 9.79 Å². The molecular formula is C30H34O6S2Zn. The van der Waals surface area contributed by atoms with E-state index in [1.807, 2.05) is 64.1 Å². The van der Waals surface area contributed by atoms with Gasteiger partial charge in [-0.15, -0.1) is 0 Å². The van der Waals surface area contributed by atoms with Crippen LogP contribution in [0, 0.1) is 27.7 Å². The van der Waals surface area contributed by atoms with Gasteiger partial charge >= 0.3 is 19.5 Å². The molecule has 4 aliphatic carbocycles. The second-order valence-electron chi connectivity index (χ2n) is 10.5. The molecular weight excluding hydrogens is 586 g/mol. The quantitative estimate of drug-likeness (QED) is 0.182. The number of rotatable bonds is 4. The summed E-state index contributed by atoms with van der Waals surface area (Å²) in [5, 5.41) is 0. The second-order valence-corrected chi connectivity index (χ2v) is 13.2. The summed E-state index contributed by atoms with van der Waals surface area (Å²) in [7, 11) is -8.89. The van der Waals surface area contributed by atoms with Gasteiger partial charge in [0.1, 0.15) is 20.2 Å². The van der Waals surface area contributed by atoms with Crippen LogP contribution in [0.3, 0.4) is 0 Å². The van der Waals surface area contributed by atoms with Gasteiger partial charge in [0.25, 0.3) is 0 Å². The summed E-state index contributed by atoms with van der Waals surface area (Å²) >= 11 is 0. The third-order valence-corrected chi connectivity index (χ3v) is 8.63. The first-order valence-electron chi connectivity index (χ1n) is 12.4. The van der Waals surface area contributed by atoms with Crippen molar-refractivity contribution < 1.29 is 45.4 Å². The minimum Gasteiger partial charge on any atom is -0.744 e. The molecule has 0 fully saturated rings. The van der Waals surface area contributed by atoms with Crippen molar-refractivity contribution in [3.8, 4) is 22.3 Å². The molecule has 204 valence electrons. The Hall–Kier alpha value is -2.16. The molecule has 4 rings (SSSR count). The van der Waals surface area contributed by atoms with E-state index in [4.69, 9.17) is 0 Å². The largest absolute Gasteiger partial charge is 2.00 e. The van der Waals surface area contributed by atoms with Crippen molar-refractivity contribution in [2.75, 3.05) is 0 Å². The van der Waals surface area contributed by atoms with Crippen LogP contribution in [0.4, 0.5) is 0 Å². The third-order valence-electron chi connectivity index (χ3n) is 6.91. The maximum atomic E-state index is 11.4. The van der Waals surface area contributed by atoms with Crippen molar-refractivity contribution in [3.05, 3.63) is 81.9 Å². The van der Waals surface area contributed by atoms with Crippen molar-refractivity contribution in [2.24, 2.45) is 0 Å². The molecule has 0 bridgehead atoms. The monoisotopic (exact) mass is 618 g/mol. The van der Waals surface area contributed by atoms with E-state index < -0.39 is 20.2 Å². The van der Waals surface area contributed by atoms with Crippen molar-refractivity contribution in [3.63, 3.8) is 0 Å². The van der Waals surface area contributed by atoms with Gasteiger partial charge in [-0.05, 0) is 96.2 Å². The zero-order chi connectivity index (χ0) is 28.7. The van der Waals surface area contributed by atoms with E-state index >= 15 is 0 Å². The molecule has 0 spiro atoms. The van der Waals surface area contributed by atoms with E-state index in [9.17, 15) is 25.9 Å². The first-order valence-corrected chi connectivity index (χ1v) is 15.2. The Kier molecular flexibility index (Phi) is 10.3. The summed E-state index contributed by atoms with van der Waals surface area (Å²) in [4.78, 5) is -0.216. The molecule has 0 N–H and O–H groups in total. The molecule has 0 unspecified atom stereocenters. The molecule has 0 amide bonds. The molecule has 0 aromatic heterocycles. The molecule has 0 heterocycles. The summed E-state index contributed by atoms with van der Waals surface area (Å²) in [5.74, 6) is 0.688. The Morgan fingerprint density at radius 2 is 0.846 bits per heavy atom. The average Bonchev–Trinajstić information content (AvgIpc) is 3.15. The third kappa shape index (κ3) is 7.14. The van der Waals surface area contributed by atoms with Crippen LogP contribution in [0.25, 0.3) is 22.3 Å². The fourth-order valence-corrected chi connectivity index (χ4v) is 6.37. The second kappa shape index (κ2) is 12.2. The smallest absolute Gasteiger partial charge is 0.744 e. The van der Waals surface area contributed by atoms with Gasteiger partial charge in [0, 0.05) is 11.1 Å². The van der Waals surface area contributed by atoms with Gasteiger partial charge in [-0.3, -0.25) is 0 Å². The molecule has 39 heavy (non-hydrogen) atoms. The minimum absolute atomic E-state index is 0. The predicted octanol–water partition coefficient (Wildman–Crippen LogP) is 6.87. The van der Waals surface area contributed by atoms with E-state index in [1.165, 1.54) is 12.1 Å². The van der Waals surface area contributed by atoms with Gasteiger partial charge in [-0.2, -0.15) is 0 Å². The normalized spacial score (nSPS) is 12.0. The van der Waals surface area contributed by atoms with E-state index in [-0.39, 0.29) is 29.3 Å². The van der Waals surface area contributed by atoms with Crippen LogP contribution < -0.4 is 0 Å². The molecule has 0 aromatic carbocycles. The molecule has 0 radical (unpaired) electrons. The predicted molar refractivity (Wildman–Crippen MR) is 149 cm³/mol. The standard InChI is InChI=1S/2C15H18O3S.Zn/c2*1-9(2)12-6-5-10(3)15-13(8-12)11(4)7-14(15)19(16,17)18;/h2*5-9H,1-4H3,(H,16,17,18);/q;;+2/p-2. The van der Waals surface area contributed by atoms with Crippen LogP contribution in [-0.4, -0.2) is 25.9 Å². The molecule has 0 saturated heterocycles. The van der Waals surface area contributed by atoms with Crippen LogP contribution in [0.1, 0.15) is 72.9 Å². The maximum Gasteiger partial charge on any atom is 2.00 e. The molecule has 0 aliphatic heterocycles. The molecule has 6 nitrogen and oxygen atoms in total. The fraction of sp³-hybridized carbons (Fsp3) is 0.333. The maximum absolute atomic E-state index is 11.4. The van der Waals surface area contributed by atoms with Crippen molar-refractivity contribution in [1.29, 1.82) is 0 Å². The number of aryl methyl sites for hydroxylation is 4. The molecule has 4 aliphatic rings. The number of fused-ring (bicyclic) bond motifs is 2. The van der Waals surface area contributed by atoms with Gasteiger partial charge in [-0.25, -0.2) is 16.8 Å². The Bertz CT molecular complexity index is 1530. The van der Waals surface area contributed by atoms with Crippen LogP contribution in [0.5, 0.6) is 0 Å². The SMILES string of the molecule is Cc1cc(S(=O)(=O)[O-])c2c(C)ccc(C(C)C)cc1-2.Cc1cc(S(=O)(=O)[O-])c2c(C)ccc(C(C)C)cc1-2.[Zn+2]. The topological polar surface area (TPSA) is 114 Å². The summed E-state index contributed by atoms with van der Waals surface area (Å²) in [5.41, 5.74) is 8.33. The van der Waals surface area contributed by atoms with Crippen LogP contribution >= 0.6 is 0 Å². The molecule has 0 aromatic rings. The van der Waals surface area contributed by atoms with Crippen LogP contribution in [0.15, 0.2) is 58.3 Å². The molecule has 9 heteroatoms. The summed E-state index contributed by atoms with van der Waals surface area (Å²) < 4.78 is 68.3. The van der Waals surface area contributed by atoms with Crippen molar-refractivity contribution >= 4 is 20.2 Å². The van der Waals surface area contributed by atoms with Gasteiger partial charge in [-0.1, -0.05) is 64.1 Å². The Labute approximate surface area is 245 Å². The first-order chi connectivity index (χ1) is 17.4. The molecule has 0 saturated carbocycles. The van der Waals surface area contributed by atoms with E-state index in [0.717, 1.165) is 44.5 Å². The van der Waals surface area contributed by atoms with Gasteiger partial charge in [0.2, 0.25) is 0 Å². The van der Waals surface area contributed by atoms with E-state index in [1.54, 1.807) is 0 Å². The number of hydrogen-bond donors (Lipinski definition) is 0. The fourth-order valence-electron chi connectivity index (χ4n) is 4.69. The Morgan fingerprint density at radius 3 is 1.10 bits per heavy atom. The van der Waals surface area contributed by atoms with E-state index in [0.29, 0.717) is 23.0 Å². The van der Waals surface area contributed by atoms with Crippen molar-refractivity contribution in [2.45, 2.75) is 77.0 Å². The average molecular weight is 620 g/mol. The van der Waals surface area contributed by atoms with Crippen molar-refractivity contribution in [1.82, 2.24) is 0 Å². The Morgan fingerprint density at radius 1 is 0.538 bits per heavy atom.